The molecule has 0 aliphatic carbocycles. The van der Waals surface area contributed by atoms with Crippen LogP contribution in [0.2, 0.25) is 0 Å². The highest BCUT2D eigenvalue weighted by Gasteiger charge is 2.24. The summed E-state index contributed by atoms with van der Waals surface area (Å²) in [6.45, 7) is 10.3. The fourth-order valence-electron chi connectivity index (χ4n) is 3.84. The molecule has 4 heterocycles. The Morgan fingerprint density at radius 2 is 2.09 bits per heavy atom. The largest absolute Gasteiger partial charge is 0.345 e. The molecule has 1 fully saturated rings. The van der Waals surface area contributed by atoms with Crippen molar-refractivity contribution in [1.82, 2.24) is 35.4 Å². The van der Waals surface area contributed by atoms with Crippen molar-refractivity contribution in [2.24, 2.45) is 0 Å². The molecule has 1 saturated heterocycles. The molecule has 5 rings (SSSR count). The number of aryl methyl sites for hydroxylation is 1. The predicted molar refractivity (Wildman–Crippen MR) is 123 cm³/mol. The second-order valence-electron chi connectivity index (χ2n) is 9.56. The first-order valence-corrected chi connectivity index (χ1v) is 11.1. The smallest absolute Gasteiger partial charge is 0.292 e. The molecule has 0 radical (unpaired) electrons. The van der Waals surface area contributed by atoms with Gasteiger partial charge in [0.05, 0.1) is 11.2 Å². The highest BCUT2D eigenvalue weighted by atomic mass is 16.5. The monoisotopic (exact) mass is 445 g/mol. The minimum Gasteiger partial charge on any atom is -0.345 e. The first kappa shape index (κ1) is 21.3. The van der Waals surface area contributed by atoms with Crippen LogP contribution in [0.1, 0.15) is 59.9 Å². The average Bonchev–Trinajstić information content (AvgIpc) is 3.38. The van der Waals surface area contributed by atoms with Crippen LogP contribution in [0.15, 0.2) is 41.3 Å². The summed E-state index contributed by atoms with van der Waals surface area (Å²) < 4.78 is 7.11. The van der Waals surface area contributed by atoms with E-state index in [0.717, 1.165) is 41.0 Å². The normalized spacial score (nSPS) is 14.4. The summed E-state index contributed by atoms with van der Waals surface area (Å²) in [6.07, 6.45) is 3.68. The third-order valence-corrected chi connectivity index (χ3v) is 6.01. The van der Waals surface area contributed by atoms with Crippen LogP contribution in [0.4, 0.5) is 0 Å². The van der Waals surface area contributed by atoms with Crippen LogP contribution in [0.3, 0.4) is 0 Å². The van der Waals surface area contributed by atoms with Gasteiger partial charge in [-0.25, -0.2) is 9.50 Å². The van der Waals surface area contributed by atoms with Crippen molar-refractivity contribution >= 4 is 11.4 Å². The van der Waals surface area contributed by atoms with Gasteiger partial charge in [-0.3, -0.25) is 4.79 Å². The van der Waals surface area contributed by atoms with E-state index in [1.165, 1.54) is 5.56 Å². The highest BCUT2D eigenvalue weighted by Crippen LogP contribution is 2.29. The number of fused-ring (bicyclic) bond motifs is 1. The van der Waals surface area contributed by atoms with E-state index in [1.54, 1.807) is 6.33 Å². The third kappa shape index (κ3) is 4.11. The number of carbonyl (C=O) groups excluding carboxylic acids is 1. The van der Waals surface area contributed by atoms with Crippen molar-refractivity contribution < 1.29 is 9.32 Å². The molecular formula is C24H27N7O2. The zero-order valence-electron chi connectivity index (χ0n) is 19.2. The van der Waals surface area contributed by atoms with E-state index < -0.39 is 0 Å². The van der Waals surface area contributed by atoms with E-state index >= 15 is 0 Å². The molecule has 33 heavy (non-hydrogen) atoms. The van der Waals surface area contributed by atoms with Gasteiger partial charge in [0.15, 0.2) is 0 Å². The van der Waals surface area contributed by atoms with Crippen molar-refractivity contribution in [3.05, 3.63) is 65.2 Å². The van der Waals surface area contributed by atoms with E-state index in [4.69, 9.17) is 4.52 Å². The van der Waals surface area contributed by atoms with Gasteiger partial charge in [-0.05, 0) is 35.7 Å². The summed E-state index contributed by atoms with van der Waals surface area (Å²) in [6, 6.07) is 8.31. The van der Waals surface area contributed by atoms with Crippen molar-refractivity contribution in [1.29, 1.82) is 0 Å². The summed E-state index contributed by atoms with van der Waals surface area (Å²) in [5, 5.41) is 14.4. The van der Waals surface area contributed by atoms with Gasteiger partial charge in [0.2, 0.25) is 5.89 Å². The maximum absolute atomic E-state index is 12.5. The van der Waals surface area contributed by atoms with Gasteiger partial charge < -0.3 is 15.2 Å². The molecule has 3 aromatic heterocycles. The topological polar surface area (TPSA) is 110 Å². The van der Waals surface area contributed by atoms with Gasteiger partial charge >= 0.3 is 0 Å². The molecule has 0 unspecified atom stereocenters. The lowest BCUT2D eigenvalue weighted by Crippen LogP contribution is -2.39. The lowest BCUT2D eigenvalue weighted by atomic mass is 9.96. The minimum absolute atomic E-state index is 0.0447. The van der Waals surface area contributed by atoms with Crippen LogP contribution in [-0.4, -0.2) is 43.7 Å². The standard InChI is InChI=1S/C24H27N7O2/c1-14-7-15(20-19-8-17(18-9-25-10-18)12-31(19)28-13-27-20)5-6-16(14)11-26-22(32)21-29-23(33-30-21)24(2,3)4/h5-8,12-13,18,25H,9-11H2,1-4H3,(H,26,32). The zero-order valence-corrected chi connectivity index (χ0v) is 19.2. The maximum Gasteiger partial charge on any atom is 0.292 e. The second-order valence-corrected chi connectivity index (χ2v) is 9.56. The average molecular weight is 446 g/mol. The van der Waals surface area contributed by atoms with Crippen LogP contribution in [0, 0.1) is 6.92 Å². The van der Waals surface area contributed by atoms with E-state index in [1.807, 2.05) is 44.3 Å². The number of carbonyl (C=O) groups is 1. The Morgan fingerprint density at radius 1 is 1.27 bits per heavy atom. The summed E-state index contributed by atoms with van der Waals surface area (Å²) >= 11 is 0. The minimum atomic E-state index is -0.360. The van der Waals surface area contributed by atoms with Crippen molar-refractivity contribution in [2.75, 3.05) is 13.1 Å². The van der Waals surface area contributed by atoms with Crippen molar-refractivity contribution in [2.45, 2.75) is 45.6 Å². The fraction of sp³-hybridized carbons (Fsp3) is 0.375. The molecule has 0 atom stereocenters. The first-order valence-electron chi connectivity index (χ1n) is 11.1. The zero-order chi connectivity index (χ0) is 23.2. The van der Waals surface area contributed by atoms with Crippen molar-refractivity contribution in [3.63, 3.8) is 0 Å². The number of nitrogens with one attached hydrogen (secondary N) is 2. The van der Waals surface area contributed by atoms with Gasteiger partial charge in [0.1, 0.15) is 6.33 Å². The Bertz CT molecular complexity index is 1330. The summed E-state index contributed by atoms with van der Waals surface area (Å²) in [7, 11) is 0. The van der Waals surface area contributed by atoms with Crippen LogP contribution < -0.4 is 10.6 Å². The van der Waals surface area contributed by atoms with Gasteiger partial charge in [-0.1, -0.05) is 38.1 Å². The lowest BCUT2D eigenvalue weighted by Gasteiger charge is -2.25. The second kappa shape index (κ2) is 8.08. The number of hydrogen-bond donors (Lipinski definition) is 2. The van der Waals surface area contributed by atoms with Crippen LogP contribution in [0.25, 0.3) is 16.8 Å². The predicted octanol–water partition coefficient (Wildman–Crippen LogP) is 3.00. The highest BCUT2D eigenvalue weighted by molar-refractivity contribution is 5.90. The Labute approximate surface area is 191 Å². The molecule has 1 aromatic carbocycles. The summed E-state index contributed by atoms with van der Waals surface area (Å²) in [4.78, 5) is 21.2. The molecule has 0 spiro atoms. The Hall–Kier alpha value is -3.59. The molecule has 9 heteroatoms. The molecular weight excluding hydrogens is 418 g/mol. The number of nitrogens with zero attached hydrogens (tertiary/aromatic N) is 5. The third-order valence-electron chi connectivity index (χ3n) is 6.01. The van der Waals surface area contributed by atoms with Gasteiger partial charge in [-0.15, -0.1) is 0 Å². The first-order chi connectivity index (χ1) is 15.8. The molecule has 4 aromatic rings. The fourth-order valence-corrected chi connectivity index (χ4v) is 3.84. The SMILES string of the molecule is Cc1cc(-c2ncnn3cc(C4CNC4)cc23)ccc1CNC(=O)c1noc(C(C)(C)C)n1. The quantitative estimate of drug-likeness (QED) is 0.486. The van der Waals surface area contributed by atoms with E-state index in [9.17, 15) is 4.79 Å². The molecule has 170 valence electrons. The molecule has 1 aliphatic heterocycles. The van der Waals surface area contributed by atoms with E-state index in [2.05, 4.69) is 49.2 Å². The number of rotatable bonds is 5. The van der Waals surface area contributed by atoms with E-state index in [0.29, 0.717) is 18.4 Å². The molecule has 2 N–H and O–H groups in total. The van der Waals surface area contributed by atoms with Crippen LogP contribution in [-0.2, 0) is 12.0 Å². The number of aromatic nitrogens is 5. The van der Waals surface area contributed by atoms with Crippen molar-refractivity contribution in [3.8, 4) is 11.3 Å². The molecule has 0 bridgehead atoms. The van der Waals surface area contributed by atoms with Gasteiger partial charge in [-0.2, -0.15) is 10.1 Å². The van der Waals surface area contributed by atoms with Crippen LogP contribution >= 0.6 is 0 Å². The molecule has 1 aliphatic rings. The Kier molecular flexibility index (Phi) is 5.20. The molecule has 0 saturated carbocycles. The number of hydrogen-bond acceptors (Lipinski definition) is 7. The lowest BCUT2D eigenvalue weighted by molar-refractivity contribution is 0.0937. The van der Waals surface area contributed by atoms with E-state index in [-0.39, 0.29) is 17.1 Å². The Morgan fingerprint density at radius 3 is 2.76 bits per heavy atom. The number of amides is 1. The summed E-state index contributed by atoms with van der Waals surface area (Å²) in [5.41, 5.74) is 5.94. The summed E-state index contributed by atoms with van der Waals surface area (Å²) in [5.74, 6) is 0.655. The van der Waals surface area contributed by atoms with Gasteiger partial charge in [0, 0.05) is 42.7 Å². The Balaban J connectivity index is 1.33. The maximum atomic E-state index is 12.5. The molecule has 9 nitrogen and oxygen atoms in total. The number of benzene rings is 1. The van der Waals surface area contributed by atoms with Gasteiger partial charge in [0.25, 0.3) is 11.7 Å². The van der Waals surface area contributed by atoms with Crippen LogP contribution in [0.5, 0.6) is 0 Å². The molecule has 1 amide bonds.